The minimum atomic E-state index is -0.451. The van der Waals surface area contributed by atoms with Crippen molar-refractivity contribution in [2.45, 2.75) is 0 Å². The Labute approximate surface area is 180 Å². The van der Waals surface area contributed by atoms with Crippen molar-refractivity contribution in [2.75, 3.05) is 20.8 Å². The topological polar surface area (TPSA) is 106 Å². The van der Waals surface area contributed by atoms with Crippen LogP contribution in [0, 0.1) is 5.82 Å². The van der Waals surface area contributed by atoms with Gasteiger partial charge < -0.3 is 14.8 Å². The Morgan fingerprint density at radius 2 is 1.97 bits per heavy atom. The molecule has 8 nitrogen and oxygen atoms in total. The van der Waals surface area contributed by atoms with Gasteiger partial charge in [0.05, 0.1) is 25.5 Å². The van der Waals surface area contributed by atoms with Gasteiger partial charge in [0.1, 0.15) is 5.82 Å². The Balaban J connectivity index is 1.46. The van der Waals surface area contributed by atoms with Crippen LogP contribution in [0.25, 0.3) is 21.5 Å². The molecule has 10 heteroatoms. The number of aromatic amines is 1. The van der Waals surface area contributed by atoms with Gasteiger partial charge in [0.15, 0.2) is 23.1 Å². The van der Waals surface area contributed by atoms with Crippen molar-refractivity contribution in [3.05, 3.63) is 59.0 Å². The number of nitrogens with zero attached hydrogens (tertiary/aromatic N) is 2. The number of ether oxygens (including phenoxy) is 2. The first-order valence-electron chi connectivity index (χ1n) is 9.13. The molecule has 0 saturated heterocycles. The summed E-state index contributed by atoms with van der Waals surface area (Å²) < 4.78 is 24.7. The molecule has 1 amide bonds. The molecular formula is C21H17FN4O4S. The Morgan fingerprint density at radius 3 is 2.74 bits per heavy atom. The Hall–Kier alpha value is -3.79. The zero-order chi connectivity index (χ0) is 22.0. The molecule has 0 aliphatic heterocycles. The molecule has 2 heterocycles. The largest absolute Gasteiger partial charge is 0.493 e. The number of Topliss-reactive ketones (excluding diaryl/α,β-unsaturated/α-hetero) is 1. The molecule has 2 aromatic carbocycles. The van der Waals surface area contributed by atoms with Gasteiger partial charge in [0.25, 0.3) is 5.91 Å². The van der Waals surface area contributed by atoms with Gasteiger partial charge in [0.2, 0.25) is 5.78 Å². The van der Waals surface area contributed by atoms with E-state index in [1.54, 1.807) is 29.6 Å². The predicted molar refractivity (Wildman–Crippen MR) is 113 cm³/mol. The highest BCUT2D eigenvalue weighted by Gasteiger charge is 2.18. The lowest BCUT2D eigenvalue weighted by Gasteiger charge is -2.09. The number of hydrogen-bond donors (Lipinski definition) is 2. The summed E-state index contributed by atoms with van der Waals surface area (Å²) in [4.78, 5) is 29.0. The maximum Gasteiger partial charge on any atom is 0.251 e. The number of rotatable bonds is 7. The zero-order valence-corrected chi connectivity index (χ0v) is 17.4. The van der Waals surface area contributed by atoms with E-state index in [9.17, 15) is 14.0 Å². The average molecular weight is 440 g/mol. The van der Waals surface area contributed by atoms with E-state index in [0.717, 1.165) is 0 Å². The molecule has 0 bridgehead atoms. The third-order valence-electron chi connectivity index (χ3n) is 4.60. The summed E-state index contributed by atoms with van der Waals surface area (Å²) in [5, 5.41) is 11.6. The van der Waals surface area contributed by atoms with E-state index in [4.69, 9.17) is 9.47 Å². The smallest absolute Gasteiger partial charge is 0.251 e. The van der Waals surface area contributed by atoms with Crippen LogP contribution in [0.15, 0.2) is 41.8 Å². The first-order valence-corrected chi connectivity index (χ1v) is 10.0. The standard InChI is InChI=1S/C21H17FN4O4S/c1-29-16-7-6-11(8-17(16)30-2)21(28)23-9-15(27)20-24-19(25-26-20)13-10-31-18-12(13)4-3-5-14(18)22/h3-8,10H,9H2,1-2H3,(H,23,28)(H,24,25,26). The second kappa shape index (κ2) is 8.52. The van der Waals surface area contributed by atoms with Crippen LogP contribution in [0.2, 0.25) is 0 Å². The number of halogens is 1. The van der Waals surface area contributed by atoms with E-state index in [0.29, 0.717) is 32.7 Å². The molecule has 0 aliphatic carbocycles. The van der Waals surface area contributed by atoms with E-state index in [1.165, 1.54) is 37.7 Å². The van der Waals surface area contributed by atoms with Gasteiger partial charge in [-0.05, 0) is 24.3 Å². The fraction of sp³-hybridized carbons (Fsp3) is 0.143. The van der Waals surface area contributed by atoms with Crippen LogP contribution in [0.1, 0.15) is 21.0 Å². The lowest BCUT2D eigenvalue weighted by atomic mass is 10.1. The summed E-state index contributed by atoms with van der Waals surface area (Å²) in [5.74, 6) is -0.0409. The van der Waals surface area contributed by atoms with E-state index in [-0.39, 0.29) is 24.0 Å². The normalized spacial score (nSPS) is 10.8. The van der Waals surface area contributed by atoms with Crippen LogP contribution in [-0.2, 0) is 0 Å². The number of thiophene rings is 1. The van der Waals surface area contributed by atoms with E-state index in [2.05, 4.69) is 20.5 Å². The lowest BCUT2D eigenvalue weighted by Crippen LogP contribution is -2.30. The Bertz CT molecular complexity index is 1280. The second-order valence-electron chi connectivity index (χ2n) is 6.45. The lowest BCUT2D eigenvalue weighted by molar-refractivity contribution is 0.0900. The molecule has 0 atom stereocenters. The third-order valence-corrected chi connectivity index (χ3v) is 5.60. The Morgan fingerprint density at radius 1 is 1.16 bits per heavy atom. The van der Waals surface area contributed by atoms with Gasteiger partial charge in [-0.15, -0.1) is 11.3 Å². The van der Waals surface area contributed by atoms with Crippen LogP contribution in [0.3, 0.4) is 0 Å². The predicted octanol–water partition coefficient (Wildman–Crippen LogP) is 3.46. The summed E-state index contributed by atoms with van der Waals surface area (Å²) in [6, 6.07) is 9.45. The van der Waals surface area contributed by atoms with Crippen molar-refractivity contribution in [1.29, 1.82) is 0 Å². The number of carbonyl (C=O) groups is 2. The Kier molecular flexibility index (Phi) is 5.63. The quantitative estimate of drug-likeness (QED) is 0.427. The molecular weight excluding hydrogens is 423 g/mol. The summed E-state index contributed by atoms with van der Waals surface area (Å²) in [7, 11) is 2.97. The number of carbonyl (C=O) groups excluding carboxylic acids is 2. The first kappa shape index (κ1) is 20.5. The minimum absolute atomic E-state index is 0.00151. The van der Waals surface area contributed by atoms with Gasteiger partial charge >= 0.3 is 0 Å². The maximum absolute atomic E-state index is 13.9. The van der Waals surface area contributed by atoms with Crippen molar-refractivity contribution in [1.82, 2.24) is 20.5 Å². The third kappa shape index (κ3) is 3.97. The summed E-state index contributed by atoms with van der Waals surface area (Å²) >= 11 is 1.24. The molecule has 4 aromatic rings. The molecule has 0 saturated carbocycles. The number of hydrogen-bond acceptors (Lipinski definition) is 7. The highest BCUT2D eigenvalue weighted by Crippen LogP contribution is 2.33. The van der Waals surface area contributed by atoms with Crippen molar-refractivity contribution in [3.63, 3.8) is 0 Å². The number of H-pyrrole nitrogens is 1. The zero-order valence-electron chi connectivity index (χ0n) is 16.6. The van der Waals surface area contributed by atoms with E-state index < -0.39 is 11.7 Å². The van der Waals surface area contributed by atoms with Gasteiger partial charge in [-0.2, -0.15) is 5.10 Å². The van der Waals surface area contributed by atoms with Crippen molar-refractivity contribution < 1.29 is 23.5 Å². The van der Waals surface area contributed by atoms with E-state index >= 15 is 0 Å². The van der Waals surface area contributed by atoms with E-state index in [1.807, 2.05) is 0 Å². The number of nitrogens with one attached hydrogen (secondary N) is 2. The number of methoxy groups -OCH3 is 2. The van der Waals surface area contributed by atoms with Gasteiger partial charge in [-0.25, -0.2) is 9.37 Å². The molecule has 0 unspecified atom stereocenters. The monoisotopic (exact) mass is 440 g/mol. The van der Waals surface area contributed by atoms with Crippen LogP contribution in [0.5, 0.6) is 11.5 Å². The minimum Gasteiger partial charge on any atom is -0.493 e. The maximum atomic E-state index is 13.9. The molecule has 2 aromatic heterocycles. The molecule has 0 aliphatic rings. The second-order valence-corrected chi connectivity index (χ2v) is 7.33. The van der Waals surface area contributed by atoms with Gasteiger partial charge in [-0.3, -0.25) is 14.7 Å². The van der Waals surface area contributed by atoms with Crippen LogP contribution in [0.4, 0.5) is 4.39 Å². The number of benzene rings is 2. The van der Waals surface area contributed by atoms with Crippen LogP contribution >= 0.6 is 11.3 Å². The first-order chi connectivity index (χ1) is 15.0. The molecule has 158 valence electrons. The number of fused-ring (bicyclic) bond motifs is 1. The highest BCUT2D eigenvalue weighted by molar-refractivity contribution is 7.17. The number of amides is 1. The molecule has 0 fully saturated rings. The van der Waals surface area contributed by atoms with Crippen molar-refractivity contribution >= 4 is 33.1 Å². The van der Waals surface area contributed by atoms with Crippen molar-refractivity contribution in [2.24, 2.45) is 0 Å². The average Bonchev–Trinajstić information content (AvgIpc) is 3.44. The number of aromatic nitrogens is 3. The summed E-state index contributed by atoms with van der Waals surface area (Å²) in [6.07, 6.45) is 0. The highest BCUT2D eigenvalue weighted by atomic mass is 32.1. The van der Waals surface area contributed by atoms with Crippen LogP contribution < -0.4 is 14.8 Å². The molecule has 2 N–H and O–H groups in total. The summed E-state index contributed by atoms with van der Waals surface area (Å²) in [5.41, 5.74) is 0.944. The summed E-state index contributed by atoms with van der Waals surface area (Å²) in [6.45, 7) is -0.277. The number of ketones is 1. The SMILES string of the molecule is COc1ccc(C(=O)NCC(=O)c2nc(-c3csc4c(F)cccc34)n[nH]2)cc1OC. The molecule has 0 radical (unpaired) electrons. The molecule has 0 spiro atoms. The molecule has 4 rings (SSSR count). The van der Waals surface area contributed by atoms with Crippen LogP contribution in [-0.4, -0.2) is 47.6 Å². The molecule has 31 heavy (non-hydrogen) atoms. The van der Waals surface area contributed by atoms with Gasteiger partial charge in [0, 0.05) is 21.9 Å². The fourth-order valence-electron chi connectivity index (χ4n) is 3.03. The van der Waals surface area contributed by atoms with Gasteiger partial charge in [-0.1, -0.05) is 12.1 Å². The van der Waals surface area contributed by atoms with Crippen molar-refractivity contribution in [3.8, 4) is 22.9 Å². The fourth-order valence-corrected chi connectivity index (χ4v) is 3.98.